The van der Waals surface area contributed by atoms with Crippen molar-refractivity contribution in [1.29, 1.82) is 0 Å². The normalized spacial score (nSPS) is 16.0. The first-order valence-electron chi connectivity index (χ1n) is 7.53. The monoisotopic (exact) mass is 376 g/mol. The summed E-state index contributed by atoms with van der Waals surface area (Å²) in [6, 6.07) is 4.45. The molecule has 1 aliphatic heterocycles. The second-order valence-electron chi connectivity index (χ2n) is 5.55. The zero-order valence-corrected chi connectivity index (χ0v) is 15.2. The van der Waals surface area contributed by atoms with E-state index in [1.54, 1.807) is 11.0 Å². The molecule has 1 aliphatic rings. The van der Waals surface area contributed by atoms with Crippen LogP contribution in [0.15, 0.2) is 23.1 Å². The van der Waals surface area contributed by atoms with Crippen molar-refractivity contribution in [2.24, 2.45) is 5.92 Å². The van der Waals surface area contributed by atoms with Gasteiger partial charge in [-0.1, -0.05) is 11.6 Å². The maximum Gasteiger partial charge on any atom is 0.409 e. The van der Waals surface area contributed by atoms with Gasteiger partial charge in [-0.05, 0) is 37.0 Å². The maximum absolute atomic E-state index is 12.5. The van der Waals surface area contributed by atoms with Crippen LogP contribution in [-0.4, -0.2) is 53.3 Å². The third-order valence-corrected chi connectivity index (χ3v) is 5.70. The maximum atomic E-state index is 12.5. The zero-order valence-electron chi connectivity index (χ0n) is 13.6. The van der Waals surface area contributed by atoms with Crippen LogP contribution in [0.4, 0.5) is 4.79 Å². The van der Waals surface area contributed by atoms with Gasteiger partial charge < -0.3 is 14.4 Å². The first-order chi connectivity index (χ1) is 11.4. The number of nitrogens with one attached hydrogen (secondary N) is 1. The van der Waals surface area contributed by atoms with E-state index in [9.17, 15) is 13.2 Å². The van der Waals surface area contributed by atoms with E-state index in [-0.39, 0.29) is 22.7 Å². The number of nitrogens with zero attached hydrogens (tertiary/aromatic N) is 1. The summed E-state index contributed by atoms with van der Waals surface area (Å²) in [4.78, 5) is 13.1. The fourth-order valence-corrected chi connectivity index (χ4v) is 4.16. The van der Waals surface area contributed by atoms with Gasteiger partial charge in [-0.15, -0.1) is 0 Å². The Kier molecular flexibility index (Phi) is 6.31. The van der Waals surface area contributed by atoms with E-state index < -0.39 is 10.0 Å². The number of piperidine rings is 1. The summed E-state index contributed by atoms with van der Waals surface area (Å²) in [6.07, 6.45) is 1.08. The lowest BCUT2D eigenvalue weighted by molar-refractivity contribution is 0.106. The Morgan fingerprint density at radius 2 is 2.00 bits per heavy atom. The van der Waals surface area contributed by atoms with Gasteiger partial charge in [0.2, 0.25) is 10.0 Å². The number of carbonyl (C=O) groups is 1. The van der Waals surface area contributed by atoms with Crippen LogP contribution in [0.5, 0.6) is 5.75 Å². The standard InChI is InChI=1S/C15H21ClN2O5S/c1-22-13-4-3-12(16)9-14(13)24(20,21)17-10-11-5-7-18(8-6-11)15(19)23-2/h3-4,9,11,17H,5-8,10H2,1-2H3. The fraction of sp³-hybridized carbons (Fsp3) is 0.533. The summed E-state index contributed by atoms with van der Waals surface area (Å²) in [5.74, 6) is 0.401. The van der Waals surface area contributed by atoms with E-state index in [1.165, 1.54) is 26.4 Å². The van der Waals surface area contributed by atoms with Crippen molar-refractivity contribution >= 4 is 27.7 Å². The number of hydrogen-bond acceptors (Lipinski definition) is 5. The summed E-state index contributed by atoms with van der Waals surface area (Å²) in [5.41, 5.74) is 0. The lowest BCUT2D eigenvalue weighted by Crippen LogP contribution is -2.41. The van der Waals surface area contributed by atoms with Gasteiger partial charge in [0.15, 0.2) is 0 Å². The number of hydrogen-bond donors (Lipinski definition) is 1. The minimum Gasteiger partial charge on any atom is -0.495 e. The number of sulfonamides is 1. The number of halogens is 1. The largest absolute Gasteiger partial charge is 0.495 e. The minimum atomic E-state index is -3.72. The number of likely N-dealkylation sites (tertiary alicyclic amines) is 1. The Labute approximate surface area is 146 Å². The molecule has 9 heteroatoms. The molecule has 0 aliphatic carbocycles. The summed E-state index contributed by atoms with van der Waals surface area (Å²) in [7, 11) is -0.968. The van der Waals surface area contributed by atoms with Crippen molar-refractivity contribution in [3.05, 3.63) is 23.2 Å². The molecule has 1 N–H and O–H groups in total. The number of carbonyl (C=O) groups excluding carboxylic acids is 1. The Hall–Kier alpha value is -1.51. The van der Waals surface area contributed by atoms with Crippen molar-refractivity contribution in [3.63, 3.8) is 0 Å². The molecule has 24 heavy (non-hydrogen) atoms. The van der Waals surface area contributed by atoms with E-state index in [0.717, 1.165) is 0 Å². The average molecular weight is 377 g/mol. The zero-order chi connectivity index (χ0) is 17.7. The summed E-state index contributed by atoms with van der Waals surface area (Å²) in [5, 5.41) is 0.322. The number of amides is 1. The Morgan fingerprint density at radius 1 is 1.33 bits per heavy atom. The molecule has 0 bridgehead atoms. The third-order valence-electron chi connectivity index (χ3n) is 4.02. The predicted molar refractivity (Wildman–Crippen MR) is 89.9 cm³/mol. The number of methoxy groups -OCH3 is 2. The van der Waals surface area contributed by atoms with Gasteiger partial charge >= 0.3 is 6.09 Å². The number of rotatable bonds is 5. The summed E-state index contributed by atoms with van der Waals surface area (Å²) >= 11 is 5.89. The highest BCUT2D eigenvalue weighted by Crippen LogP contribution is 2.27. The molecule has 1 amide bonds. The number of benzene rings is 1. The smallest absolute Gasteiger partial charge is 0.409 e. The molecular weight excluding hydrogens is 356 g/mol. The quantitative estimate of drug-likeness (QED) is 0.850. The van der Waals surface area contributed by atoms with Crippen LogP contribution in [-0.2, 0) is 14.8 Å². The van der Waals surface area contributed by atoms with Crippen LogP contribution < -0.4 is 9.46 Å². The summed E-state index contributed by atoms with van der Waals surface area (Å²) < 4.78 is 37.4. The van der Waals surface area contributed by atoms with Crippen LogP contribution in [0.1, 0.15) is 12.8 Å². The topological polar surface area (TPSA) is 84.9 Å². The van der Waals surface area contributed by atoms with Gasteiger partial charge in [0.05, 0.1) is 14.2 Å². The second-order valence-corrected chi connectivity index (χ2v) is 7.72. The van der Waals surface area contributed by atoms with E-state index in [4.69, 9.17) is 16.3 Å². The highest BCUT2D eigenvalue weighted by atomic mass is 35.5. The van der Waals surface area contributed by atoms with Crippen LogP contribution >= 0.6 is 11.6 Å². The molecule has 0 saturated carbocycles. The van der Waals surface area contributed by atoms with Crippen LogP contribution in [0.25, 0.3) is 0 Å². The second kappa shape index (κ2) is 8.04. The van der Waals surface area contributed by atoms with Gasteiger partial charge in [0, 0.05) is 24.7 Å². The first kappa shape index (κ1) is 18.8. The third kappa shape index (κ3) is 4.52. The molecular formula is C15H21ClN2O5S. The molecule has 7 nitrogen and oxygen atoms in total. The molecule has 1 fully saturated rings. The van der Waals surface area contributed by atoms with E-state index in [0.29, 0.717) is 37.5 Å². The highest BCUT2D eigenvalue weighted by molar-refractivity contribution is 7.89. The van der Waals surface area contributed by atoms with E-state index >= 15 is 0 Å². The average Bonchev–Trinajstić information content (AvgIpc) is 2.59. The fourth-order valence-electron chi connectivity index (χ4n) is 2.61. The molecule has 1 heterocycles. The molecule has 1 aromatic carbocycles. The van der Waals surface area contributed by atoms with Gasteiger partial charge in [-0.2, -0.15) is 0 Å². The Balaban J connectivity index is 1.97. The molecule has 0 spiro atoms. The molecule has 1 aromatic rings. The van der Waals surface area contributed by atoms with Crippen LogP contribution in [0.3, 0.4) is 0 Å². The van der Waals surface area contributed by atoms with Crippen molar-refractivity contribution in [2.45, 2.75) is 17.7 Å². The molecule has 0 unspecified atom stereocenters. The molecule has 2 rings (SSSR count). The van der Waals surface area contributed by atoms with Crippen LogP contribution in [0.2, 0.25) is 5.02 Å². The van der Waals surface area contributed by atoms with Crippen molar-refractivity contribution < 1.29 is 22.7 Å². The lowest BCUT2D eigenvalue weighted by atomic mass is 9.97. The predicted octanol–water partition coefficient (Wildman–Crippen LogP) is 2.11. The first-order valence-corrected chi connectivity index (χ1v) is 9.39. The SMILES string of the molecule is COC(=O)N1CCC(CNS(=O)(=O)c2cc(Cl)ccc2OC)CC1. The Bertz CT molecular complexity index is 687. The molecule has 1 saturated heterocycles. The number of ether oxygens (including phenoxy) is 2. The molecule has 0 aromatic heterocycles. The van der Waals surface area contributed by atoms with Gasteiger partial charge in [-0.25, -0.2) is 17.9 Å². The van der Waals surface area contributed by atoms with Crippen LogP contribution in [0, 0.1) is 5.92 Å². The minimum absolute atomic E-state index is 0.0181. The van der Waals surface area contributed by atoms with Crippen molar-refractivity contribution in [1.82, 2.24) is 9.62 Å². The lowest BCUT2D eigenvalue weighted by Gasteiger charge is -2.30. The van der Waals surface area contributed by atoms with Gasteiger partial charge in [0.1, 0.15) is 10.6 Å². The van der Waals surface area contributed by atoms with E-state index in [2.05, 4.69) is 9.46 Å². The molecule has 0 radical (unpaired) electrons. The molecule has 134 valence electrons. The highest BCUT2D eigenvalue weighted by Gasteiger charge is 2.26. The summed E-state index contributed by atoms with van der Waals surface area (Å²) in [6.45, 7) is 1.41. The Morgan fingerprint density at radius 3 is 2.58 bits per heavy atom. The van der Waals surface area contributed by atoms with Gasteiger partial charge in [0.25, 0.3) is 0 Å². The van der Waals surface area contributed by atoms with Crippen molar-refractivity contribution in [3.8, 4) is 5.75 Å². The van der Waals surface area contributed by atoms with E-state index in [1.807, 2.05) is 0 Å². The van der Waals surface area contributed by atoms with Gasteiger partial charge in [-0.3, -0.25) is 0 Å². The molecule has 0 atom stereocenters. The van der Waals surface area contributed by atoms with Crippen molar-refractivity contribution in [2.75, 3.05) is 33.9 Å².